The highest BCUT2D eigenvalue weighted by atomic mass is 32.2. The van der Waals surface area contributed by atoms with Gasteiger partial charge in [-0.1, -0.05) is 18.2 Å². The van der Waals surface area contributed by atoms with Crippen LogP contribution in [0.4, 0.5) is 4.39 Å². The third-order valence-corrected chi connectivity index (χ3v) is 2.68. The van der Waals surface area contributed by atoms with Gasteiger partial charge in [0.2, 0.25) is 0 Å². The van der Waals surface area contributed by atoms with Crippen molar-refractivity contribution in [2.24, 2.45) is 0 Å². The first kappa shape index (κ1) is 9.73. The zero-order valence-electron chi connectivity index (χ0n) is 6.70. The van der Waals surface area contributed by atoms with E-state index in [-0.39, 0.29) is 4.90 Å². The number of sulfonamides is 1. The summed E-state index contributed by atoms with van der Waals surface area (Å²) in [6, 6.07) is 7.50. The molecule has 0 unspecified atom stereocenters. The van der Waals surface area contributed by atoms with E-state index in [9.17, 15) is 12.8 Å². The molecule has 3 nitrogen and oxygen atoms in total. The lowest BCUT2D eigenvalue weighted by atomic mass is 10.4. The molecular weight excluding hydrogens is 193 g/mol. The van der Waals surface area contributed by atoms with Crippen molar-refractivity contribution in [3.05, 3.63) is 42.9 Å². The molecule has 1 aromatic carbocycles. The quantitative estimate of drug-likeness (QED) is 0.751. The van der Waals surface area contributed by atoms with Gasteiger partial charge in [-0.05, 0) is 18.7 Å². The van der Waals surface area contributed by atoms with E-state index >= 15 is 0 Å². The van der Waals surface area contributed by atoms with E-state index in [0.29, 0.717) is 0 Å². The van der Waals surface area contributed by atoms with Crippen LogP contribution in [0.1, 0.15) is 0 Å². The van der Waals surface area contributed by atoms with Crippen LogP contribution in [0.2, 0.25) is 0 Å². The van der Waals surface area contributed by atoms with Crippen molar-refractivity contribution in [2.45, 2.75) is 4.90 Å². The van der Waals surface area contributed by atoms with E-state index in [0.717, 1.165) is 0 Å². The molecule has 0 amide bonds. The summed E-state index contributed by atoms with van der Waals surface area (Å²) in [6.45, 7) is 2.81. The molecule has 1 aromatic rings. The molecule has 13 heavy (non-hydrogen) atoms. The van der Waals surface area contributed by atoms with Crippen LogP contribution in [-0.2, 0) is 10.0 Å². The Morgan fingerprint density at radius 2 is 1.85 bits per heavy atom. The standard InChI is InChI=1S/C8H8FNO2S/c1-7(9)10-13(11,12)8-5-3-2-4-6-8/h2-6,10H,1H2. The number of nitrogens with one attached hydrogen (secondary N) is 1. The first-order chi connectivity index (χ1) is 6.02. The summed E-state index contributed by atoms with van der Waals surface area (Å²) in [6.07, 6.45) is 0. The van der Waals surface area contributed by atoms with Crippen molar-refractivity contribution in [1.82, 2.24) is 4.72 Å². The van der Waals surface area contributed by atoms with Gasteiger partial charge in [0.1, 0.15) is 0 Å². The summed E-state index contributed by atoms with van der Waals surface area (Å²) < 4.78 is 36.3. The molecule has 0 aromatic heterocycles. The second-order valence-corrected chi connectivity index (χ2v) is 4.01. The fourth-order valence-electron chi connectivity index (χ4n) is 0.804. The molecule has 0 bridgehead atoms. The number of hydrogen-bond acceptors (Lipinski definition) is 2. The highest BCUT2D eigenvalue weighted by Gasteiger charge is 2.12. The molecule has 0 aliphatic rings. The van der Waals surface area contributed by atoms with Gasteiger partial charge in [-0.15, -0.1) is 0 Å². The predicted molar refractivity (Wildman–Crippen MR) is 47.0 cm³/mol. The maximum Gasteiger partial charge on any atom is 0.263 e. The van der Waals surface area contributed by atoms with E-state index < -0.39 is 16.0 Å². The third-order valence-electron chi connectivity index (χ3n) is 1.30. The van der Waals surface area contributed by atoms with E-state index in [2.05, 4.69) is 6.58 Å². The lowest BCUT2D eigenvalue weighted by Gasteiger charge is -2.03. The van der Waals surface area contributed by atoms with E-state index in [1.807, 2.05) is 0 Å². The van der Waals surface area contributed by atoms with Gasteiger partial charge in [-0.25, -0.2) is 8.42 Å². The second kappa shape index (κ2) is 3.57. The Labute approximate surface area is 75.9 Å². The zero-order chi connectivity index (χ0) is 9.90. The Hall–Kier alpha value is -1.36. The normalized spacial score (nSPS) is 10.8. The van der Waals surface area contributed by atoms with Gasteiger partial charge in [-0.3, -0.25) is 4.72 Å². The van der Waals surface area contributed by atoms with Crippen LogP contribution in [0.3, 0.4) is 0 Å². The molecule has 5 heteroatoms. The first-order valence-electron chi connectivity index (χ1n) is 3.44. The Morgan fingerprint density at radius 1 is 1.31 bits per heavy atom. The average Bonchev–Trinajstić information content (AvgIpc) is 2.04. The maximum atomic E-state index is 12.2. The highest BCUT2D eigenvalue weighted by Crippen LogP contribution is 2.08. The van der Waals surface area contributed by atoms with Crippen molar-refractivity contribution in [3.63, 3.8) is 0 Å². The van der Waals surface area contributed by atoms with Gasteiger partial charge >= 0.3 is 0 Å². The smallest absolute Gasteiger partial charge is 0.256 e. The molecule has 0 aliphatic carbocycles. The summed E-state index contributed by atoms with van der Waals surface area (Å²) in [5, 5.41) is 0. The summed E-state index contributed by atoms with van der Waals surface area (Å²) in [7, 11) is -3.78. The first-order valence-corrected chi connectivity index (χ1v) is 4.93. The van der Waals surface area contributed by atoms with Crippen molar-refractivity contribution >= 4 is 10.0 Å². The van der Waals surface area contributed by atoms with Crippen LogP contribution in [0.5, 0.6) is 0 Å². The van der Waals surface area contributed by atoms with Crippen LogP contribution in [0.25, 0.3) is 0 Å². The minimum absolute atomic E-state index is 0.00815. The van der Waals surface area contributed by atoms with Gasteiger partial charge in [0.05, 0.1) is 4.90 Å². The highest BCUT2D eigenvalue weighted by molar-refractivity contribution is 7.89. The monoisotopic (exact) mass is 201 g/mol. The molecule has 0 atom stereocenters. The number of hydrogen-bond donors (Lipinski definition) is 1. The Morgan fingerprint density at radius 3 is 2.31 bits per heavy atom. The van der Waals surface area contributed by atoms with Crippen molar-refractivity contribution in [2.75, 3.05) is 0 Å². The fourth-order valence-corrected chi connectivity index (χ4v) is 1.73. The van der Waals surface area contributed by atoms with Gasteiger partial charge in [0, 0.05) is 0 Å². The third kappa shape index (κ3) is 2.55. The molecule has 1 rings (SSSR count). The van der Waals surface area contributed by atoms with E-state index in [4.69, 9.17) is 0 Å². The molecule has 0 heterocycles. The fraction of sp³-hybridized carbons (Fsp3) is 0. The van der Waals surface area contributed by atoms with Gasteiger partial charge in [0.25, 0.3) is 10.0 Å². The molecular formula is C8H8FNO2S. The Bertz CT molecular complexity index is 399. The largest absolute Gasteiger partial charge is 0.263 e. The Balaban J connectivity index is 3.02. The molecule has 0 aliphatic heterocycles. The van der Waals surface area contributed by atoms with Crippen LogP contribution >= 0.6 is 0 Å². The van der Waals surface area contributed by atoms with Crippen LogP contribution in [0, 0.1) is 0 Å². The number of benzene rings is 1. The summed E-state index contributed by atoms with van der Waals surface area (Å²) in [4.78, 5) is 0.00815. The van der Waals surface area contributed by atoms with Crippen LogP contribution in [0.15, 0.2) is 47.8 Å². The average molecular weight is 201 g/mol. The molecule has 0 radical (unpaired) electrons. The van der Waals surface area contributed by atoms with Gasteiger partial charge in [-0.2, -0.15) is 4.39 Å². The second-order valence-electron chi connectivity index (χ2n) is 2.32. The van der Waals surface area contributed by atoms with Crippen molar-refractivity contribution < 1.29 is 12.8 Å². The maximum absolute atomic E-state index is 12.2. The molecule has 1 N–H and O–H groups in total. The van der Waals surface area contributed by atoms with Gasteiger partial charge in [0.15, 0.2) is 5.95 Å². The molecule has 0 saturated heterocycles. The lowest BCUT2D eigenvalue weighted by molar-refractivity contribution is 0.558. The molecule has 0 saturated carbocycles. The predicted octanol–water partition coefficient (Wildman–Crippen LogP) is 1.41. The minimum atomic E-state index is -3.78. The molecule has 0 fully saturated rings. The van der Waals surface area contributed by atoms with Crippen molar-refractivity contribution in [1.29, 1.82) is 0 Å². The molecule has 70 valence electrons. The van der Waals surface area contributed by atoms with Crippen molar-refractivity contribution in [3.8, 4) is 0 Å². The lowest BCUT2D eigenvalue weighted by Crippen LogP contribution is -2.20. The van der Waals surface area contributed by atoms with E-state index in [1.54, 1.807) is 22.9 Å². The minimum Gasteiger partial charge on any atom is -0.256 e. The SMILES string of the molecule is C=C(F)NS(=O)(=O)c1ccccc1. The Kier molecular flexibility index (Phi) is 2.67. The summed E-state index contributed by atoms with van der Waals surface area (Å²) in [5.74, 6) is -1.09. The van der Waals surface area contributed by atoms with Crippen LogP contribution < -0.4 is 4.72 Å². The van der Waals surface area contributed by atoms with E-state index in [1.165, 1.54) is 12.1 Å². The zero-order valence-corrected chi connectivity index (χ0v) is 7.51. The number of rotatable bonds is 3. The molecule has 0 spiro atoms. The topological polar surface area (TPSA) is 46.2 Å². The van der Waals surface area contributed by atoms with Gasteiger partial charge < -0.3 is 0 Å². The summed E-state index contributed by atoms with van der Waals surface area (Å²) in [5.41, 5.74) is 0. The summed E-state index contributed by atoms with van der Waals surface area (Å²) >= 11 is 0. The van der Waals surface area contributed by atoms with Crippen LogP contribution in [-0.4, -0.2) is 8.42 Å². The number of halogens is 1.